The normalized spacial score (nSPS) is 12.6. The Labute approximate surface area is 92.1 Å². The molecule has 3 heteroatoms. The molecule has 0 radical (unpaired) electrons. The van der Waals surface area contributed by atoms with E-state index >= 15 is 0 Å². The zero-order chi connectivity index (χ0) is 10.9. The van der Waals surface area contributed by atoms with Crippen LogP contribution in [0.4, 0.5) is 0 Å². The van der Waals surface area contributed by atoms with E-state index in [0.29, 0.717) is 0 Å². The van der Waals surface area contributed by atoms with E-state index in [4.69, 9.17) is 5.11 Å². The van der Waals surface area contributed by atoms with Crippen LogP contribution in [0, 0.1) is 13.8 Å². The molecule has 0 saturated carbocycles. The molecule has 0 aliphatic rings. The van der Waals surface area contributed by atoms with Gasteiger partial charge >= 0.3 is 5.97 Å². The summed E-state index contributed by atoms with van der Waals surface area (Å²) in [5, 5.41) is 8.95. The van der Waals surface area contributed by atoms with E-state index < -0.39 is 11.9 Å². The molecule has 1 unspecified atom stereocenters. The van der Waals surface area contributed by atoms with Crippen molar-refractivity contribution >= 4 is 21.9 Å². The first-order valence-electron chi connectivity index (χ1n) is 4.43. The Hall–Kier alpha value is -0.830. The summed E-state index contributed by atoms with van der Waals surface area (Å²) < 4.78 is 0.871. The first-order chi connectivity index (χ1) is 6.45. The fourth-order valence-electron chi connectivity index (χ4n) is 1.46. The zero-order valence-corrected chi connectivity index (χ0v) is 10.1. The highest BCUT2D eigenvalue weighted by Gasteiger charge is 2.19. The minimum Gasteiger partial charge on any atom is -0.481 e. The maximum absolute atomic E-state index is 10.9. The van der Waals surface area contributed by atoms with Crippen molar-refractivity contribution in [2.45, 2.75) is 26.7 Å². The Morgan fingerprint density at radius 1 is 1.43 bits per heavy atom. The van der Waals surface area contributed by atoms with Crippen LogP contribution >= 0.6 is 15.9 Å². The third kappa shape index (κ3) is 1.98. The summed E-state index contributed by atoms with van der Waals surface area (Å²) in [6.45, 7) is 5.64. The van der Waals surface area contributed by atoms with Crippen LogP contribution in [-0.4, -0.2) is 11.1 Å². The van der Waals surface area contributed by atoms with E-state index in [2.05, 4.69) is 15.9 Å². The Balaban J connectivity index is 3.32. The third-order valence-corrected chi connectivity index (χ3v) is 3.23. The van der Waals surface area contributed by atoms with Crippen LogP contribution in [0.3, 0.4) is 0 Å². The molecule has 0 aliphatic heterocycles. The molecule has 0 saturated heterocycles. The van der Waals surface area contributed by atoms with Crippen molar-refractivity contribution in [2.75, 3.05) is 0 Å². The second kappa shape index (κ2) is 4.13. The second-order valence-corrected chi connectivity index (χ2v) is 4.32. The Morgan fingerprint density at radius 2 is 2.00 bits per heavy atom. The van der Waals surface area contributed by atoms with E-state index in [1.807, 2.05) is 26.0 Å². The average molecular weight is 257 g/mol. The number of carboxylic acids is 1. The number of halogens is 1. The first-order valence-corrected chi connectivity index (χ1v) is 5.23. The van der Waals surface area contributed by atoms with Gasteiger partial charge in [-0.15, -0.1) is 0 Å². The molecule has 0 spiro atoms. The fourth-order valence-corrected chi connectivity index (χ4v) is 2.23. The molecule has 0 amide bonds. The fraction of sp³-hybridized carbons (Fsp3) is 0.364. The molecule has 1 atom stereocenters. The number of hydrogen-bond acceptors (Lipinski definition) is 1. The molecule has 1 N–H and O–H groups in total. The van der Waals surface area contributed by atoms with E-state index in [9.17, 15) is 4.79 Å². The molecule has 76 valence electrons. The van der Waals surface area contributed by atoms with Gasteiger partial charge in [0.05, 0.1) is 5.92 Å². The highest BCUT2D eigenvalue weighted by molar-refractivity contribution is 9.10. The Morgan fingerprint density at radius 3 is 2.50 bits per heavy atom. The molecule has 0 heterocycles. The summed E-state index contributed by atoms with van der Waals surface area (Å²) in [5.74, 6) is -1.26. The first kappa shape index (κ1) is 11.2. The molecule has 1 aromatic rings. The minimum absolute atomic E-state index is 0.468. The molecule has 0 aromatic heterocycles. The second-order valence-electron chi connectivity index (χ2n) is 3.46. The van der Waals surface area contributed by atoms with Crippen LogP contribution in [0.25, 0.3) is 0 Å². The van der Waals surface area contributed by atoms with Crippen LogP contribution in [0.2, 0.25) is 0 Å². The summed E-state index contributed by atoms with van der Waals surface area (Å²) in [5.41, 5.74) is 3.04. The standard InChI is InChI=1S/C11H13BrO2/c1-6-4-5-9(12)10(7(6)2)8(3)11(13)14/h4-5,8H,1-3H3,(H,13,14). The highest BCUT2D eigenvalue weighted by Crippen LogP contribution is 2.30. The molecular weight excluding hydrogens is 244 g/mol. The lowest BCUT2D eigenvalue weighted by Crippen LogP contribution is -2.10. The van der Waals surface area contributed by atoms with Crippen LogP contribution in [0.15, 0.2) is 16.6 Å². The number of benzene rings is 1. The molecule has 2 nitrogen and oxygen atoms in total. The van der Waals surface area contributed by atoms with Gasteiger partial charge in [-0.3, -0.25) is 4.79 Å². The van der Waals surface area contributed by atoms with Crippen LogP contribution in [0.1, 0.15) is 29.5 Å². The Bertz CT molecular complexity index is 372. The number of aryl methyl sites for hydroxylation is 1. The molecule has 1 rings (SSSR count). The lowest BCUT2D eigenvalue weighted by molar-refractivity contribution is -0.138. The van der Waals surface area contributed by atoms with Gasteiger partial charge in [-0.25, -0.2) is 0 Å². The number of aliphatic carboxylic acids is 1. The highest BCUT2D eigenvalue weighted by atomic mass is 79.9. The summed E-state index contributed by atoms with van der Waals surface area (Å²) in [7, 11) is 0. The summed E-state index contributed by atoms with van der Waals surface area (Å²) in [6.07, 6.45) is 0. The number of carboxylic acid groups (broad SMARTS) is 1. The van der Waals surface area contributed by atoms with Gasteiger partial charge in [-0.05, 0) is 43.5 Å². The zero-order valence-electron chi connectivity index (χ0n) is 8.47. The molecule has 0 bridgehead atoms. The van der Waals surface area contributed by atoms with Gasteiger partial charge in [0.15, 0.2) is 0 Å². The van der Waals surface area contributed by atoms with Gasteiger partial charge < -0.3 is 5.11 Å². The maximum Gasteiger partial charge on any atom is 0.310 e. The number of carbonyl (C=O) groups is 1. The van der Waals surface area contributed by atoms with Gasteiger partial charge in [-0.1, -0.05) is 22.0 Å². The van der Waals surface area contributed by atoms with Crippen LogP contribution < -0.4 is 0 Å². The van der Waals surface area contributed by atoms with E-state index in [1.165, 1.54) is 0 Å². The average Bonchev–Trinajstić information content (AvgIpc) is 2.12. The SMILES string of the molecule is Cc1ccc(Br)c(C(C)C(=O)O)c1C. The van der Waals surface area contributed by atoms with Crippen molar-refractivity contribution in [3.8, 4) is 0 Å². The van der Waals surface area contributed by atoms with E-state index in [-0.39, 0.29) is 0 Å². The molecule has 14 heavy (non-hydrogen) atoms. The van der Waals surface area contributed by atoms with E-state index in [1.54, 1.807) is 6.92 Å². The van der Waals surface area contributed by atoms with Crippen molar-refractivity contribution in [1.29, 1.82) is 0 Å². The predicted molar refractivity (Wildman–Crippen MR) is 59.7 cm³/mol. The summed E-state index contributed by atoms with van der Waals surface area (Å²) in [4.78, 5) is 10.9. The molecule has 1 aromatic carbocycles. The molecule has 0 aliphatic carbocycles. The van der Waals surface area contributed by atoms with Crippen LogP contribution in [0.5, 0.6) is 0 Å². The Kier molecular flexibility index (Phi) is 3.32. The van der Waals surface area contributed by atoms with Crippen LogP contribution in [-0.2, 0) is 4.79 Å². The molecular formula is C11H13BrO2. The minimum atomic E-state index is -0.792. The van der Waals surface area contributed by atoms with Crippen molar-refractivity contribution < 1.29 is 9.90 Å². The van der Waals surface area contributed by atoms with Crippen molar-refractivity contribution in [3.63, 3.8) is 0 Å². The van der Waals surface area contributed by atoms with Gasteiger partial charge in [-0.2, -0.15) is 0 Å². The van der Waals surface area contributed by atoms with Gasteiger partial charge in [0.2, 0.25) is 0 Å². The molecule has 0 fully saturated rings. The largest absolute Gasteiger partial charge is 0.481 e. The lowest BCUT2D eigenvalue weighted by atomic mass is 9.94. The topological polar surface area (TPSA) is 37.3 Å². The quantitative estimate of drug-likeness (QED) is 0.882. The monoisotopic (exact) mass is 256 g/mol. The van der Waals surface area contributed by atoms with Crippen molar-refractivity contribution in [1.82, 2.24) is 0 Å². The van der Waals surface area contributed by atoms with Gasteiger partial charge in [0.25, 0.3) is 0 Å². The van der Waals surface area contributed by atoms with Gasteiger partial charge in [0.1, 0.15) is 0 Å². The third-order valence-electron chi connectivity index (χ3n) is 2.54. The smallest absolute Gasteiger partial charge is 0.310 e. The lowest BCUT2D eigenvalue weighted by Gasteiger charge is -2.14. The number of rotatable bonds is 2. The predicted octanol–water partition coefficient (Wildman–Crippen LogP) is 3.25. The number of hydrogen-bond donors (Lipinski definition) is 1. The summed E-state index contributed by atoms with van der Waals surface area (Å²) in [6, 6.07) is 3.88. The maximum atomic E-state index is 10.9. The summed E-state index contributed by atoms with van der Waals surface area (Å²) >= 11 is 3.39. The van der Waals surface area contributed by atoms with Gasteiger partial charge in [0, 0.05) is 4.47 Å². The van der Waals surface area contributed by atoms with Crippen molar-refractivity contribution in [2.24, 2.45) is 0 Å². The van der Waals surface area contributed by atoms with Crippen molar-refractivity contribution in [3.05, 3.63) is 33.3 Å². The van der Waals surface area contributed by atoms with E-state index in [0.717, 1.165) is 21.2 Å².